The molecule has 16 heteroatoms. The minimum atomic E-state index is -4.82. The van der Waals surface area contributed by atoms with Gasteiger partial charge in [-0.25, -0.2) is 49.7 Å². The zero-order valence-electron chi connectivity index (χ0n) is 24.5. The molecule has 1 saturated carbocycles. The van der Waals surface area contributed by atoms with Crippen LogP contribution in [0, 0.1) is 17.5 Å². The van der Waals surface area contributed by atoms with Gasteiger partial charge in [-0.3, -0.25) is 4.72 Å². The molecule has 0 unspecified atom stereocenters. The molecule has 0 atom stereocenters. The molecular weight excluding hydrogens is 650 g/mol. The fourth-order valence-electron chi connectivity index (χ4n) is 5.03. The summed E-state index contributed by atoms with van der Waals surface area (Å²) < 4.78 is 96.9. The van der Waals surface area contributed by atoms with Gasteiger partial charge in [0.05, 0.1) is 33.2 Å². The topological polar surface area (TPSA) is 143 Å². The molecule has 0 spiro atoms. The van der Waals surface area contributed by atoms with Gasteiger partial charge in [-0.1, -0.05) is 19.9 Å². The van der Waals surface area contributed by atoms with Crippen LogP contribution in [0.1, 0.15) is 50.5 Å². The van der Waals surface area contributed by atoms with Crippen molar-refractivity contribution in [2.45, 2.75) is 62.4 Å². The molecule has 4 aromatic rings. The SMILES string of the molecule is CC(C)c1nc(-c2ccc(F)c(NS(=O)(=O)c3c(F)cccc3F)c2)c(-c2ccnc(N[C@H]3CC[C@H](NS(C)(=O)=O)CC3)n2)s1. The Morgan fingerprint density at radius 3 is 2.20 bits per heavy atom. The smallest absolute Gasteiger partial charge is 0.267 e. The van der Waals surface area contributed by atoms with Crippen LogP contribution in [0.3, 0.4) is 0 Å². The van der Waals surface area contributed by atoms with Gasteiger partial charge >= 0.3 is 0 Å². The number of halogens is 3. The summed E-state index contributed by atoms with van der Waals surface area (Å²) in [5.41, 5.74) is 0.787. The van der Waals surface area contributed by atoms with Gasteiger partial charge in [0.25, 0.3) is 10.0 Å². The summed E-state index contributed by atoms with van der Waals surface area (Å²) in [6.07, 6.45) is 5.51. The maximum Gasteiger partial charge on any atom is 0.267 e. The van der Waals surface area contributed by atoms with Crippen LogP contribution in [0.5, 0.6) is 0 Å². The Balaban J connectivity index is 1.43. The van der Waals surface area contributed by atoms with Crippen LogP contribution in [0.2, 0.25) is 0 Å². The first-order valence-corrected chi connectivity index (χ1v) is 18.2. The zero-order valence-corrected chi connectivity index (χ0v) is 27.0. The van der Waals surface area contributed by atoms with E-state index in [2.05, 4.69) is 15.0 Å². The summed E-state index contributed by atoms with van der Waals surface area (Å²) in [7, 11) is -8.10. The van der Waals surface area contributed by atoms with E-state index in [4.69, 9.17) is 9.97 Å². The van der Waals surface area contributed by atoms with Gasteiger partial charge in [0.2, 0.25) is 16.0 Å². The number of rotatable bonds is 10. The van der Waals surface area contributed by atoms with E-state index in [9.17, 15) is 30.0 Å². The van der Waals surface area contributed by atoms with Crippen molar-refractivity contribution in [1.29, 1.82) is 0 Å². The maximum atomic E-state index is 14.9. The number of sulfonamides is 2. The van der Waals surface area contributed by atoms with Gasteiger partial charge in [0.15, 0.2) is 4.90 Å². The molecule has 1 aliphatic rings. The Kier molecular flexibility index (Phi) is 9.49. The fraction of sp³-hybridized carbons (Fsp3) is 0.345. The normalized spacial score (nSPS) is 17.4. The highest BCUT2D eigenvalue weighted by molar-refractivity contribution is 7.92. The van der Waals surface area contributed by atoms with Crippen molar-refractivity contribution < 1.29 is 30.0 Å². The molecule has 240 valence electrons. The fourth-order valence-corrected chi connectivity index (χ4v) is 8.13. The second-order valence-corrected chi connectivity index (χ2v) is 15.5. The van der Waals surface area contributed by atoms with Gasteiger partial charge < -0.3 is 5.32 Å². The molecule has 0 amide bonds. The van der Waals surface area contributed by atoms with Crippen molar-refractivity contribution in [1.82, 2.24) is 19.7 Å². The summed E-state index contributed by atoms with van der Waals surface area (Å²) in [4.78, 5) is 13.2. The third-order valence-electron chi connectivity index (χ3n) is 7.14. The van der Waals surface area contributed by atoms with Gasteiger partial charge in [-0.2, -0.15) is 0 Å². The number of benzene rings is 2. The van der Waals surface area contributed by atoms with Gasteiger partial charge in [0, 0.05) is 29.8 Å². The molecule has 10 nitrogen and oxygen atoms in total. The Morgan fingerprint density at radius 1 is 0.889 bits per heavy atom. The van der Waals surface area contributed by atoms with E-state index in [1.54, 1.807) is 12.3 Å². The summed E-state index contributed by atoms with van der Waals surface area (Å²) in [5, 5.41) is 4.08. The summed E-state index contributed by atoms with van der Waals surface area (Å²) in [6, 6.07) is 7.95. The third kappa shape index (κ3) is 7.80. The van der Waals surface area contributed by atoms with Crippen LogP contribution in [-0.4, -0.2) is 50.1 Å². The Morgan fingerprint density at radius 2 is 1.56 bits per heavy atom. The summed E-state index contributed by atoms with van der Waals surface area (Å²) in [6.45, 7) is 3.92. The Hall–Kier alpha value is -3.60. The first-order chi connectivity index (χ1) is 21.2. The maximum absolute atomic E-state index is 14.9. The highest BCUT2D eigenvalue weighted by atomic mass is 32.2. The molecule has 45 heavy (non-hydrogen) atoms. The van der Waals surface area contributed by atoms with Gasteiger partial charge in [0.1, 0.15) is 17.5 Å². The molecule has 5 rings (SSSR count). The Labute approximate surface area is 263 Å². The molecule has 0 aliphatic heterocycles. The van der Waals surface area contributed by atoms with Crippen LogP contribution < -0.4 is 14.8 Å². The highest BCUT2D eigenvalue weighted by Crippen LogP contribution is 2.40. The number of anilines is 2. The van der Waals surface area contributed by atoms with Crippen LogP contribution in [-0.2, 0) is 20.0 Å². The predicted octanol–water partition coefficient (Wildman–Crippen LogP) is 5.88. The van der Waals surface area contributed by atoms with E-state index in [-0.39, 0.29) is 18.0 Å². The first-order valence-electron chi connectivity index (χ1n) is 14.0. The lowest BCUT2D eigenvalue weighted by atomic mass is 9.92. The lowest BCUT2D eigenvalue weighted by Crippen LogP contribution is -2.39. The van der Waals surface area contributed by atoms with E-state index in [0.717, 1.165) is 48.4 Å². The number of nitrogens with one attached hydrogen (secondary N) is 3. The zero-order chi connectivity index (χ0) is 32.5. The quantitative estimate of drug-likeness (QED) is 0.189. The lowest BCUT2D eigenvalue weighted by molar-refractivity contribution is 0.387. The number of hydrogen-bond donors (Lipinski definition) is 3. The van der Waals surface area contributed by atoms with Crippen LogP contribution in [0.4, 0.5) is 24.8 Å². The van der Waals surface area contributed by atoms with Crippen molar-refractivity contribution >= 4 is 43.0 Å². The van der Waals surface area contributed by atoms with Crippen molar-refractivity contribution in [3.05, 3.63) is 71.1 Å². The van der Waals surface area contributed by atoms with E-state index >= 15 is 0 Å². The van der Waals surface area contributed by atoms with E-state index in [1.165, 1.54) is 23.5 Å². The van der Waals surface area contributed by atoms with Crippen LogP contribution in [0.25, 0.3) is 21.8 Å². The van der Waals surface area contributed by atoms with Crippen molar-refractivity contribution in [2.24, 2.45) is 0 Å². The van der Waals surface area contributed by atoms with Crippen LogP contribution >= 0.6 is 11.3 Å². The number of aromatic nitrogens is 3. The molecule has 2 heterocycles. The molecule has 2 aromatic carbocycles. The van der Waals surface area contributed by atoms with Gasteiger partial charge in [-0.15, -0.1) is 11.3 Å². The number of nitrogens with zero attached hydrogens (tertiary/aromatic N) is 3. The average Bonchev–Trinajstić information content (AvgIpc) is 3.41. The van der Waals surface area contributed by atoms with Crippen molar-refractivity contribution in [3.8, 4) is 21.8 Å². The molecular formula is C29H31F3N6O4S3. The van der Waals surface area contributed by atoms with Crippen molar-refractivity contribution in [3.63, 3.8) is 0 Å². The molecule has 0 radical (unpaired) electrons. The highest BCUT2D eigenvalue weighted by Gasteiger charge is 2.27. The minimum absolute atomic E-state index is 0.0279. The molecule has 2 aromatic heterocycles. The summed E-state index contributed by atoms with van der Waals surface area (Å²) in [5.74, 6) is -3.17. The molecule has 0 saturated heterocycles. The van der Waals surface area contributed by atoms with Crippen molar-refractivity contribution in [2.75, 3.05) is 16.3 Å². The first kappa shape index (κ1) is 32.8. The average molecular weight is 681 g/mol. The van der Waals surface area contributed by atoms with E-state index in [1.807, 2.05) is 18.6 Å². The lowest BCUT2D eigenvalue weighted by Gasteiger charge is -2.29. The molecule has 0 bridgehead atoms. The predicted molar refractivity (Wildman–Crippen MR) is 167 cm³/mol. The molecule has 1 fully saturated rings. The minimum Gasteiger partial charge on any atom is -0.351 e. The number of hydrogen-bond acceptors (Lipinski definition) is 9. The third-order valence-corrected chi connectivity index (χ3v) is 10.7. The van der Waals surface area contributed by atoms with E-state index < -0.39 is 48.1 Å². The largest absolute Gasteiger partial charge is 0.351 e. The number of thiazole rings is 1. The van der Waals surface area contributed by atoms with Crippen LogP contribution in [0.15, 0.2) is 53.6 Å². The summed E-state index contributed by atoms with van der Waals surface area (Å²) >= 11 is 1.37. The van der Waals surface area contributed by atoms with E-state index in [0.29, 0.717) is 40.6 Å². The second kappa shape index (κ2) is 13.0. The Bertz CT molecular complexity index is 1910. The standard InChI is InChI=1S/C29H31F3N6O4S3/c1-16(2)28-36-25(17-7-12-20(30)24(15-17)38-45(41,42)27-21(31)5-4-6-22(27)32)26(43-28)23-13-14-33-29(35-23)34-18-8-10-19(11-9-18)37-44(3,39)40/h4-7,12-16,18-19,37-38H,8-11H2,1-3H3,(H,33,34,35)/t18-,19-. The second-order valence-electron chi connectivity index (χ2n) is 11.1. The van der Waals surface area contributed by atoms with Gasteiger partial charge in [-0.05, 0) is 62.1 Å². The molecule has 1 aliphatic carbocycles. The molecule has 3 N–H and O–H groups in total. The monoisotopic (exact) mass is 680 g/mol.